The highest BCUT2D eigenvalue weighted by Gasteiger charge is 2.07. The second kappa shape index (κ2) is 8.48. The van der Waals surface area contributed by atoms with Crippen LogP contribution in [0.3, 0.4) is 0 Å². The Morgan fingerprint density at radius 3 is 2.12 bits per heavy atom. The van der Waals surface area contributed by atoms with Crippen molar-refractivity contribution in [1.29, 1.82) is 0 Å². The SMILES string of the molecule is CC(C)c1ccc(Oc2cccc(CC(=O)Cc3ccccc3)c2)cc1. The predicted molar refractivity (Wildman–Crippen MR) is 106 cm³/mol. The minimum Gasteiger partial charge on any atom is -0.457 e. The second-order valence-corrected chi connectivity index (χ2v) is 6.85. The first-order chi connectivity index (χ1) is 12.6. The smallest absolute Gasteiger partial charge is 0.141 e. The van der Waals surface area contributed by atoms with E-state index >= 15 is 0 Å². The largest absolute Gasteiger partial charge is 0.457 e. The van der Waals surface area contributed by atoms with Gasteiger partial charge in [0.05, 0.1) is 0 Å². The van der Waals surface area contributed by atoms with Gasteiger partial charge in [0.15, 0.2) is 0 Å². The Morgan fingerprint density at radius 1 is 0.769 bits per heavy atom. The molecule has 0 aliphatic carbocycles. The average molecular weight is 344 g/mol. The Bertz CT molecular complexity index is 849. The quantitative estimate of drug-likeness (QED) is 0.529. The van der Waals surface area contributed by atoms with Gasteiger partial charge >= 0.3 is 0 Å². The van der Waals surface area contributed by atoms with Gasteiger partial charge in [-0.3, -0.25) is 4.79 Å². The highest BCUT2D eigenvalue weighted by molar-refractivity contribution is 5.83. The zero-order valence-electron chi connectivity index (χ0n) is 15.3. The fraction of sp³-hybridized carbons (Fsp3) is 0.208. The molecular weight excluding hydrogens is 320 g/mol. The zero-order valence-corrected chi connectivity index (χ0v) is 15.3. The third-order valence-electron chi connectivity index (χ3n) is 4.33. The number of ether oxygens (including phenoxy) is 1. The Kier molecular flexibility index (Phi) is 5.85. The molecule has 0 aliphatic heterocycles. The second-order valence-electron chi connectivity index (χ2n) is 6.85. The summed E-state index contributed by atoms with van der Waals surface area (Å²) in [5.74, 6) is 2.27. The molecule has 0 unspecified atom stereocenters. The van der Waals surface area contributed by atoms with Crippen LogP contribution in [-0.4, -0.2) is 5.78 Å². The Balaban J connectivity index is 1.63. The van der Waals surface area contributed by atoms with Crippen LogP contribution >= 0.6 is 0 Å². The zero-order chi connectivity index (χ0) is 18.4. The molecule has 0 fully saturated rings. The number of Topliss-reactive ketones (excluding diaryl/α,β-unsaturated/α-hetero) is 1. The van der Waals surface area contributed by atoms with E-state index in [1.54, 1.807) is 0 Å². The minimum atomic E-state index is 0.203. The molecule has 3 aromatic carbocycles. The van der Waals surface area contributed by atoms with Crippen LogP contribution in [0.15, 0.2) is 78.9 Å². The van der Waals surface area contributed by atoms with Crippen molar-refractivity contribution in [3.8, 4) is 11.5 Å². The number of hydrogen-bond donors (Lipinski definition) is 0. The normalized spacial score (nSPS) is 10.7. The summed E-state index contributed by atoms with van der Waals surface area (Å²) in [6.07, 6.45) is 0.876. The van der Waals surface area contributed by atoms with Crippen LogP contribution in [0.4, 0.5) is 0 Å². The van der Waals surface area contributed by atoms with E-state index in [2.05, 4.69) is 26.0 Å². The lowest BCUT2D eigenvalue weighted by molar-refractivity contribution is -0.117. The molecule has 26 heavy (non-hydrogen) atoms. The summed E-state index contributed by atoms with van der Waals surface area (Å²) >= 11 is 0. The van der Waals surface area contributed by atoms with E-state index in [0.29, 0.717) is 18.8 Å². The monoisotopic (exact) mass is 344 g/mol. The van der Waals surface area contributed by atoms with Crippen LogP contribution in [-0.2, 0) is 17.6 Å². The van der Waals surface area contributed by atoms with Crippen molar-refractivity contribution >= 4 is 5.78 Å². The molecule has 0 heterocycles. The number of carbonyl (C=O) groups excluding carboxylic acids is 1. The van der Waals surface area contributed by atoms with Crippen LogP contribution in [0.2, 0.25) is 0 Å². The summed E-state index contributed by atoms with van der Waals surface area (Å²) in [6, 6.07) is 25.8. The maximum absolute atomic E-state index is 12.3. The first kappa shape index (κ1) is 17.9. The predicted octanol–water partition coefficient (Wildman–Crippen LogP) is 5.96. The lowest BCUT2D eigenvalue weighted by Crippen LogP contribution is -2.06. The fourth-order valence-electron chi connectivity index (χ4n) is 2.89. The van der Waals surface area contributed by atoms with Crippen LogP contribution < -0.4 is 4.74 Å². The molecule has 0 aliphatic rings. The van der Waals surface area contributed by atoms with Crippen molar-refractivity contribution in [2.45, 2.75) is 32.6 Å². The first-order valence-electron chi connectivity index (χ1n) is 9.02. The molecule has 0 aromatic heterocycles. The summed E-state index contributed by atoms with van der Waals surface area (Å²) in [6.45, 7) is 4.34. The van der Waals surface area contributed by atoms with Gasteiger partial charge in [0, 0.05) is 12.8 Å². The minimum absolute atomic E-state index is 0.203. The van der Waals surface area contributed by atoms with Gasteiger partial charge in [-0.25, -0.2) is 0 Å². The number of carbonyl (C=O) groups is 1. The molecular formula is C24H24O2. The first-order valence-corrected chi connectivity index (χ1v) is 9.02. The maximum Gasteiger partial charge on any atom is 0.141 e. The Labute approximate surface area is 155 Å². The van der Waals surface area contributed by atoms with Gasteiger partial charge in [-0.15, -0.1) is 0 Å². The summed E-state index contributed by atoms with van der Waals surface area (Å²) in [7, 11) is 0. The van der Waals surface area contributed by atoms with Crippen molar-refractivity contribution in [2.24, 2.45) is 0 Å². The molecule has 132 valence electrons. The van der Waals surface area contributed by atoms with E-state index in [1.807, 2.05) is 66.7 Å². The van der Waals surface area contributed by atoms with E-state index in [-0.39, 0.29) is 5.78 Å². The number of ketones is 1. The van der Waals surface area contributed by atoms with Gasteiger partial charge in [0.1, 0.15) is 17.3 Å². The van der Waals surface area contributed by atoms with E-state index < -0.39 is 0 Å². The van der Waals surface area contributed by atoms with E-state index in [4.69, 9.17) is 4.74 Å². The Morgan fingerprint density at radius 2 is 1.42 bits per heavy atom. The number of hydrogen-bond acceptors (Lipinski definition) is 2. The maximum atomic E-state index is 12.3. The van der Waals surface area contributed by atoms with Gasteiger partial charge in [0.2, 0.25) is 0 Å². The van der Waals surface area contributed by atoms with Gasteiger partial charge in [-0.2, -0.15) is 0 Å². The molecule has 0 spiro atoms. The van der Waals surface area contributed by atoms with Gasteiger partial charge in [-0.1, -0.05) is 68.4 Å². The lowest BCUT2D eigenvalue weighted by atomic mass is 10.0. The van der Waals surface area contributed by atoms with E-state index in [9.17, 15) is 4.79 Å². The Hall–Kier alpha value is -2.87. The molecule has 3 aromatic rings. The molecule has 2 heteroatoms. The summed E-state index contributed by atoms with van der Waals surface area (Å²) < 4.78 is 5.94. The molecule has 0 atom stereocenters. The molecule has 0 saturated carbocycles. The topological polar surface area (TPSA) is 26.3 Å². The van der Waals surface area contributed by atoms with Gasteiger partial charge in [0.25, 0.3) is 0 Å². The molecule has 2 nitrogen and oxygen atoms in total. The lowest BCUT2D eigenvalue weighted by Gasteiger charge is -2.10. The van der Waals surface area contributed by atoms with E-state index in [1.165, 1.54) is 5.56 Å². The highest BCUT2D eigenvalue weighted by atomic mass is 16.5. The van der Waals surface area contributed by atoms with Crippen LogP contribution in [0.1, 0.15) is 36.5 Å². The van der Waals surface area contributed by atoms with E-state index in [0.717, 1.165) is 22.6 Å². The van der Waals surface area contributed by atoms with Gasteiger partial charge in [-0.05, 0) is 46.9 Å². The van der Waals surface area contributed by atoms with Gasteiger partial charge < -0.3 is 4.74 Å². The van der Waals surface area contributed by atoms with Crippen LogP contribution in [0.25, 0.3) is 0 Å². The molecule has 0 amide bonds. The van der Waals surface area contributed by atoms with Crippen molar-refractivity contribution in [3.63, 3.8) is 0 Å². The van der Waals surface area contributed by atoms with Crippen LogP contribution in [0.5, 0.6) is 11.5 Å². The standard InChI is InChI=1S/C24H24O2/c1-18(2)21-11-13-23(14-12-21)26-24-10-6-9-20(17-24)16-22(25)15-19-7-4-3-5-8-19/h3-14,17-18H,15-16H2,1-2H3. The molecule has 3 rings (SSSR count). The molecule has 0 N–H and O–H groups in total. The van der Waals surface area contributed by atoms with Crippen molar-refractivity contribution in [1.82, 2.24) is 0 Å². The summed E-state index contributed by atoms with van der Waals surface area (Å²) in [5.41, 5.74) is 3.31. The number of benzene rings is 3. The van der Waals surface area contributed by atoms with Crippen LogP contribution in [0, 0.1) is 0 Å². The number of rotatable bonds is 7. The average Bonchev–Trinajstić information content (AvgIpc) is 2.63. The molecule has 0 saturated heterocycles. The summed E-state index contributed by atoms with van der Waals surface area (Å²) in [4.78, 5) is 12.3. The highest BCUT2D eigenvalue weighted by Crippen LogP contribution is 2.25. The fourth-order valence-corrected chi connectivity index (χ4v) is 2.89. The third-order valence-corrected chi connectivity index (χ3v) is 4.33. The molecule has 0 bridgehead atoms. The van der Waals surface area contributed by atoms with Crippen molar-refractivity contribution < 1.29 is 9.53 Å². The summed E-state index contributed by atoms with van der Waals surface area (Å²) in [5, 5.41) is 0. The molecule has 0 radical (unpaired) electrons. The van der Waals surface area contributed by atoms with Crippen molar-refractivity contribution in [2.75, 3.05) is 0 Å². The third kappa shape index (κ3) is 5.06. The van der Waals surface area contributed by atoms with Crippen molar-refractivity contribution in [3.05, 3.63) is 95.6 Å².